The third-order valence-electron chi connectivity index (χ3n) is 4.79. The normalized spacial score (nSPS) is 15.0. The molecule has 2 heterocycles. The maximum Gasteiger partial charge on any atom is 0.337 e. The molecule has 0 atom stereocenters. The molecule has 2 aromatic rings. The predicted molar refractivity (Wildman–Crippen MR) is 112 cm³/mol. The quantitative estimate of drug-likeness (QED) is 0.602. The Morgan fingerprint density at radius 2 is 1.87 bits per heavy atom. The molecule has 0 saturated carbocycles. The summed E-state index contributed by atoms with van der Waals surface area (Å²) in [6.07, 6.45) is 1.72. The first kappa shape index (κ1) is 22.2. The molecule has 3 rings (SSSR count). The third kappa shape index (κ3) is 4.96. The molecule has 1 aromatic carbocycles. The summed E-state index contributed by atoms with van der Waals surface area (Å²) in [5.74, 6) is -3.28. The molecule has 9 nitrogen and oxygen atoms in total. The van der Waals surface area contributed by atoms with Gasteiger partial charge in [0, 0.05) is 19.6 Å². The van der Waals surface area contributed by atoms with Crippen LogP contribution in [0.3, 0.4) is 0 Å². The van der Waals surface area contributed by atoms with Crippen molar-refractivity contribution in [3.63, 3.8) is 0 Å². The van der Waals surface area contributed by atoms with Gasteiger partial charge in [0.1, 0.15) is 11.5 Å². The molecule has 1 aliphatic rings. The van der Waals surface area contributed by atoms with Gasteiger partial charge in [-0.2, -0.15) is 4.99 Å². The van der Waals surface area contributed by atoms with Crippen molar-refractivity contribution in [3.05, 3.63) is 28.6 Å². The third-order valence-corrected chi connectivity index (χ3v) is 7.20. The summed E-state index contributed by atoms with van der Waals surface area (Å²) in [7, 11) is -2.62. The van der Waals surface area contributed by atoms with Gasteiger partial charge in [0.05, 0.1) is 22.9 Å². The van der Waals surface area contributed by atoms with Crippen LogP contribution >= 0.6 is 11.3 Å². The van der Waals surface area contributed by atoms with E-state index in [-0.39, 0.29) is 0 Å². The van der Waals surface area contributed by atoms with E-state index in [9.17, 15) is 22.8 Å². The van der Waals surface area contributed by atoms with E-state index in [0.717, 1.165) is 23.1 Å². The number of thiazole rings is 1. The van der Waals surface area contributed by atoms with Gasteiger partial charge in [-0.3, -0.25) is 9.59 Å². The molecule has 0 N–H and O–H groups in total. The van der Waals surface area contributed by atoms with E-state index in [2.05, 4.69) is 4.99 Å². The number of nitrogens with zero attached hydrogens (tertiary/aromatic N) is 3. The number of methoxy groups -OCH3 is 1. The average molecular weight is 454 g/mol. The topological polar surface area (TPSA) is 115 Å². The van der Waals surface area contributed by atoms with Crippen LogP contribution in [-0.2, 0) is 30.7 Å². The van der Waals surface area contributed by atoms with Gasteiger partial charge in [0.25, 0.3) is 5.91 Å². The number of hydrogen-bond donors (Lipinski definition) is 0. The lowest BCUT2D eigenvalue weighted by atomic mass is 10.2. The highest BCUT2D eigenvalue weighted by atomic mass is 32.2. The minimum atomic E-state index is -3.91. The Morgan fingerprint density at radius 3 is 2.50 bits per heavy atom. The molecular weight excluding hydrogens is 430 g/mol. The second-order valence-corrected chi connectivity index (χ2v) is 10.0. The van der Waals surface area contributed by atoms with E-state index >= 15 is 0 Å². The van der Waals surface area contributed by atoms with Crippen LogP contribution in [-0.4, -0.2) is 67.4 Å². The number of amides is 2. The van der Waals surface area contributed by atoms with Crippen LogP contribution in [0.25, 0.3) is 10.2 Å². The molecule has 1 saturated heterocycles. The molecule has 0 bridgehead atoms. The Balaban J connectivity index is 1.83. The fourth-order valence-corrected chi connectivity index (χ4v) is 5.59. The van der Waals surface area contributed by atoms with Crippen molar-refractivity contribution in [3.8, 4) is 0 Å². The lowest BCUT2D eigenvalue weighted by molar-refractivity contribution is -0.127. The van der Waals surface area contributed by atoms with E-state index in [0.29, 0.717) is 30.0 Å². The minimum Gasteiger partial charge on any atom is -0.465 e. The Bertz CT molecular complexity index is 1160. The molecular formula is C19H23N3O6S2. The van der Waals surface area contributed by atoms with E-state index in [1.54, 1.807) is 22.8 Å². The Hall–Kier alpha value is -2.53. The number of aryl methyl sites for hydroxylation is 1. The summed E-state index contributed by atoms with van der Waals surface area (Å²) in [5.41, 5.74) is 1.14. The molecule has 0 radical (unpaired) electrons. The summed E-state index contributed by atoms with van der Waals surface area (Å²) >= 11 is 1.18. The molecule has 162 valence electrons. The van der Waals surface area contributed by atoms with Crippen LogP contribution in [0.5, 0.6) is 0 Å². The monoisotopic (exact) mass is 453 g/mol. The summed E-state index contributed by atoms with van der Waals surface area (Å²) in [4.78, 5) is 42.0. The standard InChI is InChI=1S/C19H23N3O6S2/c1-3-22-14-7-6-13(18(25)28-2)10-15(14)29-19(22)20-16(23)11-30(26,27)12-17(24)21-8-4-5-9-21/h6-7,10H,3-5,8-9,11-12H2,1-2H3. The van der Waals surface area contributed by atoms with Gasteiger partial charge in [-0.05, 0) is 38.0 Å². The lowest BCUT2D eigenvalue weighted by Crippen LogP contribution is -2.35. The van der Waals surface area contributed by atoms with Gasteiger partial charge in [-0.1, -0.05) is 11.3 Å². The summed E-state index contributed by atoms with van der Waals surface area (Å²) in [6.45, 7) is 3.48. The summed E-state index contributed by atoms with van der Waals surface area (Å²) in [5, 5.41) is 0. The molecule has 1 aromatic heterocycles. The van der Waals surface area contributed by atoms with E-state index < -0.39 is 39.1 Å². The molecule has 0 spiro atoms. The second kappa shape index (κ2) is 9.09. The van der Waals surface area contributed by atoms with Gasteiger partial charge in [0.2, 0.25) is 5.91 Å². The highest BCUT2D eigenvalue weighted by molar-refractivity contribution is 7.92. The van der Waals surface area contributed by atoms with Crippen molar-refractivity contribution >= 4 is 49.2 Å². The van der Waals surface area contributed by atoms with Crippen molar-refractivity contribution in [2.75, 3.05) is 31.7 Å². The van der Waals surface area contributed by atoms with Gasteiger partial charge >= 0.3 is 5.97 Å². The number of likely N-dealkylation sites (tertiary alicyclic amines) is 1. The first-order chi connectivity index (χ1) is 14.2. The van der Waals surface area contributed by atoms with Crippen molar-refractivity contribution in [2.45, 2.75) is 26.3 Å². The van der Waals surface area contributed by atoms with Crippen molar-refractivity contribution < 1.29 is 27.5 Å². The van der Waals surface area contributed by atoms with Gasteiger partial charge in [-0.25, -0.2) is 13.2 Å². The van der Waals surface area contributed by atoms with E-state index in [4.69, 9.17) is 4.74 Å². The highest BCUT2D eigenvalue weighted by Gasteiger charge is 2.26. The minimum absolute atomic E-state index is 0.334. The molecule has 11 heteroatoms. The number of esters is 1. The highest BCUT2D eigenvalue weighted by Crippen LogP contribution is 2.20. The van der Waals surface area contributed by atoms with Crippen LogP contribution < -0.4 is 4.80 Å². The van der Waals surface area contributed by atoms with Gasteiger partial charge in [0.15, 0.2) is 14.6 Å². The Labute approximate surface area is 177 Å². The number of benzene rings is 1. The number of carbonyl (C=O) groups is 3. The van der Waals surface area contributed by atoms with Gasteiger partial charge in [-0.15, -0.1) is 0 Å². The Kier molecular flexibility index (Phi) is 6.71. The summed E-state index contributed by atoms with van der Waals surface area (Å²) < 4.78 is 31.8. The number of sulfone groups is 1. The SMILES string of the molecule is CCn1c(=NC(=O)CS(=O)(=O)CC(=O)N2CCCC2)sc2cc(C(=O)OC)ccc21. The Morgan fingerprint density at radius 1 is 1.17 bits per heavy atom. The maximum absolute atomic E-state index is 12.3. The van der Waals surface area contributed by atoms with Crippen LogP contribution in [0.15, 0.2) is 23.2 Å². The molecule has 0 aliphatic carbocycles. The van der Waals surface area contributed by atoms with Crippen LogP contribution in [0, 0.1) is 0 Å². The zero-order valence-electron chi connectivity index (χ0n) is 16.8. The van der Waals surface area contributed by atoms with Gasteiger partial charge < -0.3 is 14.2 Å². The van der Waals surface area contributed by atoms with Crippen molar-refractivity contribution in [1.82, 2.24) is 9.47 Å². The van der Waals surface area contributed by atoms with Crippen molar-refractivity contribution in [2.24, 2.45) is 4.99 Å². The van der Waals surface area contributed by atoms with E-state index in [1.165, 1.54) is 23.3 Å². The smallest absolute Gasteiger partial charge is 0.337 e. The number of hydrogen-bond acceptors (Lipinski definition) is 7. The molecule has 1 fully saturated rings. The number of fused-ring (bicyclic) bond motifs is 1. The first-order valence-electron chi connectivity index (χ1n) is 9.51. The summed E-state index contributed by atoms with van der Waals surface area (Å²) in [6, 6.07) is 5.00. The zero-order valence-corrected chi connectivity index (χ0v) is 18.4. The number of carbonyl (C=O) groups excluding carboxylic acids is 3. The fraction of sp³-hybridized carbons (Fsp3) is 0.474. The molecule has 1 aliphatic heterocycles. The zero-order chi connectivity index (χ0) is 21.9. The van der Waals surface area contributed by atoms with Crippen molar-refractivity contribution in [1.29, 1.82) is 0 Å². The molecule has 30 heavy (non-hydrogen) atoms. The average Bonchev–Trinajstić information content (AvgIpc) is 3.33. The second-order valence-electron chi connectivity index (χ2n) is 6.93. The van der Waals surface area contributed by atoms with E-state index in [1.807, 2.05) is 6.92 Å². The lowest BCUT2D eigenvalue weighted by Gasteiger charge is -2.14. The van der Waals surface area contributed by atoms with Crippen LogP contribution in [0.4, 0.5) is 0 Å². The van der Waals surface area contributed by atoms with Crippen LogP contribution in [0.2, 0.25) is 0 Å². The first-order valence-corrected chi connectivity index (χ1v) is 12.2. The molecule has 0 unspecified atom stereocenters. The number of rotatable bonds is 6. The largest absolute Gasteiger partial charge is 0.465 e. The predicted octanol–water partition coefficient (Wildman–Crippen LogP) is 0.974. The van der Waals surface area contributed by atoms with Crippen LogP contribution in [0.1, 0.15) is 30.1 Å². The molecule has 2 amide bonds. The number of aromatic nitrogens is 1. The fourth-order valence-electron chi connectivity index (χ4n) is 3.33. The maximum atomic E-state index is 12.3. The number of ether oxygens (including phenoxy) is 1.